The lowest BCUT2D eigenvalue weighted by molar-refractivity contribution is -0.140. The van der Waals surface area contributed by atoms with Gasteiger partial charge in [-0.25, -0.2) is 0 Å². The van der Waals surface area contributed by atoms with Gasteiger partial charge < -0.3 is 14.8 Å². The number of amides is 1. The SMILES string of the molecule is COC(=O)CCCNC(=O)c1cc(Cl)ccc1OC(C)C. The molecule has 0 bridgehead atoms. The molecule has 5 nitrogen and oxygen atoms in total. The van der Waals surface area contributed by atoms with Gasteiger partial charge in [0.2, 0.25) is 0 Å². The van der Waals surface area contributed by atoms with Crippen molar-refractivity contribution in [3.8, 4) is 5.75 Å². The fourth-order valence-corrected chi connectivity index (χ4v) is 1.84. The second-order valence-corrected chi connectivity index (χ2v) is 5.18. The third kappa shape index (κ3) is 6.04. The molecule has 0 aliphatic carbocycles. The number of halogens is 1. The van der Waals surface area contributed by atoms with E-state index in [1.54, 1.807) is 18.2 Å². The summed E-state index contributed by atoms with van der Waals surface area (Å²) in [5.41, 5.74) is 0.384. The molecule has 1 aromatic carbocycles. The average Bonchev–Trinajstić information content (AvgIpc) is 2.44. The number of rotatable bonds is 7. The maximum atomic E-state index is 12.1. The zero-order valence-corrected chi connectivity index (χ0v) is 13.2. The molecule has 116 valence electrons. The highest BCUT2D eigenvalue weighted by Crippen LogP contribution is 2.23. The average molecular weight is 314 g/mol. The topological polar surface area (TPSA) is 64.6 Å². The molecule has 1 N–H and O–H groups in total. The summed E-state index contributed by atoms with van der Waals surface area (Å²) in [4.78, 5) is 23.1. The van der Waals surface area contributed by atoms with Crippen LogP contribution in [0.25, 0.3) is 0 Å². The van der Waals surface area contributed by atoms with Crippen LogP contribution < -0.4 is 10.1 Å². The van der Waals surface area contributed by atoms with E-state index >= 15 is 0 Å². The highest BCUT2D eigenvalue weighted by Gasteiger charge is 2.14. The lowest BCUT2D eigenvalue weighted by Gasteiger charge is -2.14. The normalized spacial score (nSPS) is 10.3. The van der Waals surface area contributed by atoms with E-state index in [1.807, 2.05) is 13.8 Å². The van der Waals surface area contributed by atoms with Crippen molar-refractivity contribution < 1.29 is 19.1 Å². The summed E-state index contributed by atoms with van der Waals surface area (Å²) in [6.07, 6.45) is 0.734. The lowest BCUT2D eigenvalue weighted by Crippen LogP contribution is -2.26. The number of carbonyl (C=O) groups is 2. The third-order valence-electron chi connectivity index (χ3n) is 2.62. The van der Waals surface area contributed by atoms with Gasteiger partial charge in [-0.3, -0.25) is 9.59 Å². The summed E-state index contributed by atoms with van der Waals surface area (Å²) >= 11 is 5.92. The molecule has 0 aliphatic heterocycles. The molecule has 0 fully saturated rings. The first-order chi connectivity index (χ1) is 9.93. The maximum Gasteiger partial charge on any atom is 0.305 e. The third-order valence-corrected chi connectivity index (χ3v) is 2.85. The molecule has 0 radical (unpaired) electrons. The van der Waals surface area contributed by atoms with Crippen LogP contribution in [-0.4, -0.2) is 31.6 Å². The van der Waals surface area contributed by atoms with E-state index in [4.69, 9.17) is 16.3 Å². The van der Waals surface area contributed by atoms with Gasteiger partial charge in [-0.2, -0.15) is 0 Å². The van der Waals surface area contributed by atoms with E-state index in [9.17, 15) is 9.59 Å². The Balaban J connectivity index is 2.64. The summed E-state index contributed by atoms with van der Waals surface area (Å²) in [6, 6.07) is 4.91. The molecule has 0 saturated carbocycles. The van der Waals surface area contributed by atoms with E-state index in [0.29, 0.717) is 29.3 Å². The van der Waals surface area contributed by atoms with Crippen molar-refractivity contribution in [1.82, 2.24) is 5.32 Å². The van der Waals surface area contributed by atoms with Gasteiger partial charge in [0, 0.05) is 18.0 Å². The van der Waals surface area contributed by atoms with Crippen LogP contribution >= 0.6 is 11.6 Å². The Hall–Kier alpha value is -1.75. The van der Waals surface area contributed by atoms with Crippen LogP contribution in [0, 0.1) is 0 Å². The van der Waals surface area contributed by atoms with Crippen LogP contribution in [0.15, 0.2) is 18.2 Å². The van der Waals surface area contributed by atoms with Crippen LogP contribution in [0.4, 0.5) is 0 Å². The van der Waals surface area contributed by atoms with Gasteiger partial charge in [0.1, 0.15) is 5.75 Å². The molecule has 0 atom stereocenters. The summed E-state index contributed by atoms with van der Waals surface area (Å²) < 4.78 is 10.1. The van der Waals surface area contributed by atoms with E-state index in [1.165, 1.54) is 7.11 Å². The van der Waals surface area contributed by atoms with Crippen molar-refractivity contribution in [3.05, 3.63) is 28.8 Å². The lowest BCUT2D eigenvalue weighted by atomic mass is 10.1. The van der Waals surface area contributed by atoms with E-state index in [2.05, 4.69) is 10.1 Å². The number of benzene rings is 1. The molecule has 1 rings (SSSR count). The van der Waals surface area contributed by atoms with Crippen LogP contribution in [0.5, 0.6) is 5.75 Å². The van der Waals surface area contributed by atoms with Crippen molar-refractivity contribution in [3.63, 3.8) is 0 Å². The van der Waals surface area contributed by atoms with Crippen molar-refractivity contribution in [2.45, 2.75) is 32.8 Å². The predicted molar refractivity (Wildman–Crippen MR) is 80.8 cm³/mol. The van der Waals surface area contributed by atoms with E-state index < -0.39 is 0 Å². The molecule has 1 aromatic rings. The highest BCUT2D eigenvalue weighted by atomic mass is 35.5. The van der Waals surface area contributed by atoms with Crippen molar-refractivity contribution >= 4 is 23.5 Å². The Morgan fingerprint density at radius 2 is 2.05 bits per heavy atom. The minimum absolute atomic E-state index is 0.0444. The first kappa shape index (κ1) is 17.3. The summed E-state index contributed by atoms with van der Waals surface area (Å²) in [6.45, 7) is 4.14. The summed E-state index contributed by atoms with van der Waals surface area (Å²) in [5, 5.41) is 3.20. The van der Waals surface area contributed by atoms with E-state index in [0.717, 1.165) is 0 Å². The van der Waals surface area contributed by atoms with Gasteiger partial charge in [0.25, 0.3) is 5.91 Å². The van der Waals surface area contributed by atoms with Gasteiger partial charge >= 0.3 is 5.97 Å². The molecular formula is C15H20ClNO4. The van der Waals surface area contributed by atoms with Crippen LogP contribution in [0.1, 0.15) is 37.0 Å². The maximum absolute atomic E-state index is 12.1. The Morgan fingerprint density at radius 3 is 2.67 bits per heavy atom. The fraction of sp³-hybridized carbons (Fsp3) is 0.467. The number of carbonyl (C=O) groups excluding carboxylic acids is 2. The zero-order valence-electron chi connectivity index (χ0n) is 12.4. The van der Waals surface area contributed by atoms with Crippen LogP contribution in [0.3, 0.4) is 0 Å². The first-order valence-electron chi connectivity index (χ1n) is 6.75. The Labute approximate surface area is 129 Å². The molecule has 0 unspecified atom stereocenters. The summed E-state index contributed by atoms with van der Waals surface area (Å²) in [5.74, 6) is -0.0891. The Morgan fingerprint density at radius 1 is 1.33 bits per heavy atom. The number of hydrogen-bond acceptors (Lipinski definition) is 4. The molecule has 6 heteroatoms. The number of hydrogen-bond donors (Lipinski definition) is 1. The molecule has 0 heterocycles. The van der Waals surface area contributed by atoms with Gasteiger partial charge in [-0.15, -0.1) is 0 Å². The largest absolute Gasteiger partial charge is 0.490 e. The number of nitrogens with one attached hydrogen (secondary N) is 1. The second kappa shape index (κ2) is 8.52. The number of esters is 1. The Kier molecular flexibility index (Phi) is 7.02. The Bertz CT molecular complexity index is 502. The smallest absolute Gasteiger partial charge is 0.305 e. The monoisotopic (exact) mass is 313 g/mol. The molecule has 21 heavy (non-hydrogen) atoms. The molecular weight excluding hydrogens is 294 g/mol. The number of methoxy groups -OCH3 is 1. The van der Waals surface area contributed by atoms with E-state index in [-0.39, 0.29) is 24.4 Å². The standard InChI is InChI=1S/C15H20ClNO4/c1-10(2)21-13-7-6-11(16)9-12(13)15(19)17-8-4-5-14(18)20-3/h6-7,9-10H,4-5,8H2,1-3H3,(H,17,19). The van der Waals surface area contributed by atoms with Crippen LogP contribution in [-0.2, 0) is 9.53 Å². The van der Waals surface area contributed by atoms with Crippen LogP contribution in [0.2, 0.25) is 5.02 Å². The fourth-order valence-electron chi connectivity index (χ4n) is 1.67. The van der Waals surface area contributed by atoms with Crippen molar-refractivity contribution in [2.24, 2.45) is 0 Å². The predicted octanol–water partition coefficient (Wildman–Crippen LogP) is 2.81. The first-order valence-corrected chi connectivity index (χ1v) is 7.13. The quantitative estimate of drug-likeness (QED) is 0.621. The van der Waals surface area contributed by atoms with Crippen molar-refractivity contribution in [2.75, 3.05) is 13.7 Å². The summed E-state index contributed by atoms with van der Waals surface area (Å²) in [7, 11) is 1.34. The second-order valence-electron chi connectivity index (χ2n) is 4.74. The van der Waals surface area contributed by atoms with Gasteiger partial charge in [-0.1, -0.05) is 11.6 Å². The molecule has 0 aromatic heterocycles. The number of ether oxygens (including phenoxy) is 2. The minimum Gasteiger partial charge on any atom is -0.490 e. The van der Waals surface area contributed by atoms with Gasteiger partial charge in [-0.05, 0) is 38.5 Å². The zero-order chi connectivity index (χ0) is 15.8. The van der Waals surface area contributed by atoms with Crippen molar-refractivity contribution in [1.29, 1.82) is 0 Å². The molecule has 0 spiro atoms. The molecule has 0 aliphatic rings. The van der Waals surface area contributed by atoms with Gasteiger partial charge in [0.15, 0.2) is 0 Å². The van der Waals surface area contributed by atoms with Gasteiger partial charge in [0.05, 0.1) is 18.8 Å². The molecule has 1 amide bonds. The molecule has 0 saturated heterocycles. The minimum atomic E-state index is -0.296. The highest BCUT2D eigenvalue weighted by molar-refractivity contribution is 6.31.